The zero-order chi connectivity index (χ0) is 26.4. The highest BCUT2D eigenvalue weighted by molar-refractivity contribution is 5.79. The third-order valence-corrected chi connectivity index (χ3v) is 7.24. The van der Waals surface area contributed by atoms with E-state index in [9.17, 15) is 19.8 Å². The Hall–Kier alpha value is -3.11. The second-order valence-corrected chi connectivity index (χ2v) is 9.79. The molecule has 2 aromatic rings. The van der Waals surface area contributed by atoms with Gasteiger partial charge < -0.3 is 29.0 Å². The van der Waals surface area contributed by atoms with Gasteiger partial charge in [-0.3, -0.25) is 14.5 Å². The molecule has 10 nitrogen and oxygen atoms in total. The number of oxazole rings is 1. The monoisotopic (exact) mass is 515 g/mol. The molecule has 0 saturated carbocycles. The van der Waals surface area contributed by atoms with Crippen molar-refractivity contribution in [3.05, 3.63) is 41.6 Å². The van der Waals surface area contributed by atoms with Crippen LogP contribution >= 0.6 is 0 Å². The van der Waals surface area contributed by atoms with Crippen LogP contribution in [0, 0.1) is 12.8 Å². The van der Waals surface area contributed by atoms with E-state index in [4.69, 9.17) is 13.9 Å². The van der Waals surface area contributed by atoms with E-state index >= 15 is 0 Å². The van der Waals surface area contributed by atoms with Crippen molar-refractivity contribution in [3.8, 4) is 11.5 Å². The van der Waals surface area contributed by atoms with Crippen LogP contribution in [0.15, 0.2) is 28.8 Å². The number of aliphatic carboxylic acids is 1. The number of unbranched alkanes of at least 4 members (excludes halogenated alkanes) is 1. The lowest BCUT2D eigenvalue weighted by atomic mass is 9.83. The van der Waals surface area contributed by atoms with Crippen LogP contribution in [0.4, 0.5) is 0 Å². The summed E-state index contributed by atoms with van der Waals surface area (Å²) in [5.41, 5.74) is 0.853. The van der Waals surface area contributed by atoms with Gasteiger partial charge in [-0.25, -0.2) is 4.98 Å². The molecule has 1 fully saturated rings. The highest BCUT2D eigenvalue weighted by Gasteiger charge is 2.47. The van der Waals surface area contributed by atoms with E-state index in [1.54, 1.807) is 11.1 Å². The van der Waals surface area contributed by atoms with Crippen LogP contribution in [0.2, 0.25) is 0 Å². The standard InChI is InChI=1S/C27H37N3O7/c1-3-4-10-29(11-5-12-31)25(32)16-30-15-20(19-6-8-22-23(13-19)36-17-35-22)26(27(33)34)21(30)7-9-24-28-14-18(2)37-24/h6,8,13-14,20-21,26,31H,3-5,7,9-12,15-17H2,1-2H3,(H,33,34)/t20-,21+,26?/m1/s1. The number of aliphatic hydroxyl groups excluding tert-OH is 1. The number of hydrogen-bond acceptors (Lipinski definition) is 8. The Morgan fingerprint density at radius 2 is 1.97 bits per heavy atom. The number of ether oxygens (including phenoxy) is 2. The van der Waals surface area contributed by atoms with Crippen molar-refractivity contribution in [2.45, 2.75) is 57.9 Å². The molecule has 2 N–H and O–H groups in total. The number of aryl methyl sites for hydroxylation is 2. The number of carbonyl (C=O) groups excluding carboxylic acids is 1. The van der Waals surface area contributed by atoms with Gasteiger partial charge in [0.25, 0.3) is 0 Å². The second-order valence-electron chi connectivity index (χ2n) is 9.79. The molecule has 0 aliphatic carbocycles. The largest absolute Gasteiger partial charge is 0.481 e. The Balaban J connectivity index is 1.58. The van der Waals surface area contributed by atoms with E-state index < -0.39 is 11.9 Å². The average molecular weight is 516 g/mol. The second kappa shape index (κ2) is 12.4. The lowest BCUT2D eigenvalue weighted by Gasteiger charge is -2.29. The van der Waals surface area contributed by atoms with Gasteiger partial charge in [0.1, 0.15) is 5.76 Å². The van der Waals surface area contributed by atoms with Crippen LogP contribution in [0.25, 0.3) is 0 Å². The van der Waals surface area contributed by atoms with Gasteiger partial charge in [0.15, 0.2) is 17.4 Å². The fraction of sp³-hybridized carbons (Fsp3) is 0.593. The van der Waals surface area contributed by atoms with Crippen molar-refractivity contribution in [1.82, 2.24) is 14.8 Å². The number of likely N-dealkylation sites (tertiary alicyclic amines) is 1. The topological polar surface area (TPSA) is 126 Å². The van der Waals surface area contributed by atoms with Crippen molar-refractivity contribution in [1.29, 1.82) is 0 Å². The number of hydrogen-bond donors (Lipinski definition) is 2. The van der Waals surface area contributed by atoms with Crippen molar-refractivity contribution >= 4 is 11.9 Å². The summed E-state index contributed by atoms with van der Waals surface area (Å²) in [7, 11) is 0. The molecule has 0 radical (unpaired) electrons. The van der Waals surface area contributed by atoms with Crippen LogP contribution in [-0.4, -0.2) is 82.5 Å². The minimum Gasteiger partial charge on any atom is -0.481 e. The van der Waals surface area contributed by atoms with E-state index in [0.717, 1.165) is 18.4 Å². The summed E-state index contributed by atoms with van der Waals surface area (Å²) in [6, 6.07) is 5.19. The Morgan fingerprint density at radius 1 is 1.19 bits per heavy atom. The molecule has 0 bridgehead atoms. The summed E-state index contributed by atoms with van der Waals surface area (Å²) in [6.07, 6.45) is 4.98. The molecule has 2 aliphatic heterocycles. The molecule has 1 aromatic carbocycles. The summed E-state index contributed by atoms with van der Waals surface area (Å²) in [5.74, 6) is 0.542. The minimum absolute atomic E-state index is 0.0189. The fourth-order valence-corrected chi connectivity index (χ4v) is 5.37. The number of benzene rings is 1. The zero-order valence-electron chi connectivity index (χ0n) is 21.6. The van der Waals surface area contributed by atoms with Crippen LogP contribution in [0.3, 0.4) is 0 Å². The molecule has 10 heteroatoms. The van der Waals surface area contributed by atoms with Crippen LogP contribution < -0.4 is 9.47 Å². The number of aliphatic hydroxyl groups is 1. The van der Waals surface area contributed by atoms with Crippen LogP contribution in [-0.2, 0) is 16.0 Å². The number of nitrogens with zero attached hydrogens (tertiary/aromatic N) is 3. The Bertz CT molecular complexity index is 1060. The first-order valence-corrected chi connectivity index (χ1v) is 13.1. The minimum atomic E-state index is -0.894. The number of amides is 1. The van der Waals surface area contributed by atoms with E-state index in [1.165, 1.54) is 0 Å². The maximum Gasteiger partial charge on any atom is 0.308 e. The van der Waals surface area contributed by atoms with Gasteiger partial charge >= 0.3 is 5.97 Å². The smallest absolute Gasteiger partial charge is 0.308 e. The number of rotatable bonds is 13. The number of carboxylic acids is 1. The summed E-state index contributed by atoms with van der Waals surface area (Å²) in [4.78, 5) is 34.1. The third-order valence-electron chi connectivity index (χ3n) is 7.24. The first-order valence-electron chi connectivity index (χ1n) is 13.1. The first kappa shape index (κ1) is 26.9. The average Bonchev–Trinajstić information content (AvgIpc) is 3.60. The van der Waals surface area contributed by atoms with Crippen LogP contribution in [0.1, 0.15) is 55.7 Å². The van der Waals surface area contributed by atoms with Gasteiger partial charge in [0.2, 0.25) is 12.7 Å². The summed E-state index contributed by atoms with van der Waals surface area (Å²) in [5, 5.41) is 19.7. The molecule has 2 aliphatic rings. The molecule has 202 valence electrons. The highest BCUT2D eigenvalue weighted by atomic mass is 16.7. The maximum absolute atomic E-state index is 13.4. The Morgan fingerprint density at radius 3 is 2.68 bits per heavy atom. The van der Waals surface area contributed by atoms with E-state index in [0.29, 0.717) is 62.0 Å². The maximum atomic E-state index is 13.4. The molecule has 1 saturated heterocycles. The van der Waals surface area contributed by atoms with Gasteiger partial charge in [-0.05, 0) is 43.9 Å². The number of carbonyl (C=O) groups is 2. The lowest BCUT2D eigenvalue weighted by molar-refractivity contribution is -0.144. The molecule has 3 heterocycles. The third kappa shape index (κ3) is 6.42. The highest BCUT2D eigenvalue weighted by Crippen LogP contribution is 2.43. The first-order chi connectivity index (χ1) is 17.9. The normalized spacial score (nSPS) is 20.9. The van der Waals surface area contributed by atoms with E-state index in [-0.39, 0.29) is 37.8 Å². The Labute approximate surface area is 217 Å². The molecule has 4 rings (SSSR count). The predicted molar refractivity (Wildman–Crippen MR) is 135 cm³/mol. The molecule has 37 heavy (non-hydrogen) atoms. The van der Waals surface area contributed by atoms with Gasteiger partial charge in [0, 0.05) is 44.6 Å². The molecule has 1 unspecified atom stereocenters. The van der Waals surface area contributed by atoms with Crippen molar-refractivity contribution in [2.24, 2.45) is 5.92 Å². The number of fused-ring (bicyclic) bond motifs is 1. The summed E-state index contributed by atoms with van der Waals surface area (Å²) >= 11 is 0. The molecule has 1 aromatic heterocycles. The van der Waals surface area contributed by atoms with Crippen molar-refractivity contribution in [3.63, 3.8) is 0 Å². The molecule has 0 spiro atoms. The van der Waals surface area contributed by atoms with Crippen molar-refractivity contribution in [2.75, 3.05) is 39.6 Å². The van der Waals surface area contributed by atoms with E-state index in [2.05, 4.69) is 11.9 Å². The van der Waals surface area contributed by atoms with Crippen molar-refractivity contribution < 1.29 is 33.7 Å². The summed E-state index contributed by atoms with van der Waals surface area (Å²) < 4.78 is 16.6. The fourth-order valence-electron chi connectivity index (χ4n) is 5.37. The van der Waals surface area contributed by atoms with E-state index in [1.807, 2.05) is 30.0 Å². The predicted octanol–water partition coefficient (Wildman–Crippen LogP) is 2.82. The lowest BCUT2D eigenvalue weighted by Crippen LogP contribution is -2.45. The zero-order valence-corrected chi connectivity index (χ0v) is 21.6. The van der Waals surface area contributed by atoms with Gasteiger partial charge in [-0.15, -0.1) is 0 Å². The SMILES string of the molecule is CCCCN(CCCO)C(=O)CN1C[C@H](c2ccc3c(c2)OCO3)C(C(=O)O)[C@@H]1CCc1ncc(C)o1. The summed E-state index contributed by atoms with van der Waals surface area (Å²) in [6.45, 7) is 5.72. The molecule has 3 atom stereocenters. The van der Waals surface area contributed by atoms with Crippen LogP contribution in [0.5, 0.6) is 11.5 Å². The van der Waals surface area contributed by atoms with Gasteiger partial charge in [0.05, 0.1) is 18.7 Å². The molecular weight excluding hydrogens is 478 g/mol. The molecule has 1 amide bonds. The molecular formula is C27H37N3O7. The van der Waals surface area contributed by atoms with Gasteiger partial charge in [-0.1, -0.05) is 19.4 Å². The van der Waals surface area contributed by atoms with Gasteiger partial charge in [-0.2, -0.15) is 0 Å². The quantitative estimate of drug-likeness (QED) is 0.414. The number of aromatic nitrogens is 1. The Kier molecular flexibility index (Phi) is 9.04. The number of carboxylic acid groups (broad SMARTS) is 1.